The van der Waals surface area contributed by atoms with Crippen LogP contribution in [-0.2, 0) is 11.3 Å². The molecule has 3 rings (SSSR count). The minimum absolute atomic E-state index is 0.0791. The predicted molar refractivity (Wildman–Crippen MR) is 108 cm³/mol. The number of nitrogens with zero attached hydrogens (tertiary/aromatic N) is 4. The van der Waals surface area contributed by atoms with Crippen LogP contribution in [0.25, 0.3) is 10.9 Å². The van der Waals surface area contributed by atoms with E-state index in [1.54, 1.807) is 11.0 Å². The molecule has 10 heteroatoms. The zero-order valence-electron chi connectivity index (χ0n) is 15.8. The van der Waals surface area contributed by atoms with E-state index in [9.17, 15) is 14.3 Å². The number of halogens is 3. The summed E-state index contributed by atoms with van der Waals surface area (Å²) in [5, 5.41) is 9.69. The molecule has 2 aromatic rings. The number of hydrogen-bond donors (Lipinski definition) is 1. The summed E-state index contributed by atoms with van der Waals surface area (Å²) in [6, 6.07) is 1.60. The molecule has 28 heavy (non-hydrogen) atoms. The number of aliphatic hydroxyl groups excluding tert-OH is 1. The van der Waals surface area contributed by atoms with Crippen molar-refractivity contribution in [2.24, 2.45) is 0 Å². The quantitative estimate of drug-likeness (QED) is 0.667. The standard InChI is InChI=1S/C18H21BrClFN4O3/c1-18(2,3)28-17(27)25-6-4-24(5-7-25)16-22-11-8-10(19)14(20)15(21)13(11)12(9-26)23-16/h8,26H,4-7,9H2,1-3H3. The van der Waals surface area contributed by atoms with Crippen LogP contribution < -0.4 is 4.90 Å². The molecule has 7 nitrogen and oxygen atoms in total. The van der Waals surface area contributed by atoms with Gasteiger partial charge < -0.3 is 19.6 Å². The van der Waals surface area contributed by atoms with Crippen molar-refractivity contribution in [2.75, 3.05) is 31.1 Å². The van der Waals surface area contributed by atoms with Gasteiger partial charge >= 0.3 is 6.09 Å². The fourth-order valence-electron chi connectivity index (χ4n) is 2.93. The van der Waals surface area contributed by atoms with Gasteiger partial charge in [0.25, 0.3) is 0 Å². The number of anilines is 1. The van der Waals surface area contributed by atoms with E-state index < -0.39 is 18.0 Å². The molecule has 2 heterocycles. The lowest BCUT2D eigenvalue weighted by atomic mass is 10.1. The lowest BCUT2D eigenvalue weighted by Crippen LogP contribution is -2.50. The number of carbonyl (C=O) groups is 1. The molecule has 0 atom stereocenters. The number of piperazine rings is 1. The van der Waals surface area contributed by atoms with Crippen molar-refractivity contribution < 1.29 is 19.0 Å². The van der Waals surface area contributed by atoms with E-state index >= 15 is 0 Å². The molecule has 0 spiro atoms. The molecule has 1 aliphatic heterocycles. The van der Waals surface area contributed by atoms with Crippen molar-refractivity contribution in [2.45, 2.75) is 33.0 Å². The van der Waals surface area contributed by atoms with Crippen LogP contribution in [0, 0.1) is 5.82 Å². The van der Waals surface area contributed by atoms with Gasteiger partial charge in [-0.15, -0.1) is 0 Å². The summed E-state index contributed by atoms with van der Waals surface area (Å²) in [4.78, 5) is 24.5. The number of fused-ring (bicyclic) bond motifs is 1. The highest BCUT2D eigenvalue weighted by Gasteiger charge is 2.27. The number of ether oxygens (including phenoxy) is 1. The molecule has 0 unspecified atom stereocenters. The minimum atomic E-state index is -0.670. The van der Waals surface area contributed by atoms with E-state index in [1.807, 2.05) is 25.7 Å². The average Bonchev–Trinajstić information content (AvgIpc) is 2.64. The highest BCUT2D eigenvalue weighted by molar-refractivity contribution is 9.10. The zero-order valence-corrected chi connectivity index (χ0v) is 18.1. The van der Waals surface area contributed by atoms with Crippen molar-refractivity contribution in [1.29, 1.82) is 0 Å². The van der Waals surface area contributed by atoms with E-state index in [-0.39, 0.29) is 22.2 Å². The lowest BCUT2D eigenvalue weighted by Gasteiger charge is -2.35. The smallest absolute Gasteiger partial charge is 0.410 e. The first-order valence-electron chi connectivity index (χ1n) is 8.78. The number of aromatic nitrogens is 2. The van der Waals surface area contributed by atoms with Crippen molar-refractivity contribution >= 4 is 50.5 Å². The van der Waals surface area contributed by atoms with E-state index in [0.717, 1.165) is 0 Å². The lowest BCUT2D eigenvalue weighted by molar-refractivity contribution is 0.0240. The van der Waals surface area contributed by atoms with Crippen LogP contribution in [0.3, 0.4) is 0 Å². The van der Waals surface area contributed by atoms with E-state index in [0.29, 0.717) is 42.1 Å². The number of carbonyl (C=O) groups excluding carboxylic acids is 1. The summed E-state index contributed by atoms with van der Waals surface area (Å²) in [6.45, 7) is 6.91. The monoisotopic (exact) mass is 474 g/mol. The molecule has 1 N–H and O–H groups in total. The van der Waals surface area contributed by atoms with Gasteiger partial charge in [-0.2, -0.15) is 0 Å². The van der Waals surface area contributed by atoms with Crippen molar-refractivity contribution in [3.8, 4) is 0 Å². The Morgan fingerprint density at radius 1 is 1.32 bits per heavy atom. The normalized spacial score (nSPS) is 15.2. The molecule has 1 aromatic carbocycles. The summed E-state index contributed by atoms with van der Waals surface area (Å²) in [5.74, 6) is -0.301. The SMILES string of the molecule is CC(C)(C)OC(=O)N1CCN(c2nc(CO)c3c(F)c(Cl)c(Br)cc3n2)CC1. The van der Waals surface area contributed by atoms with Crippen molar-refractivity contribution in [1.82, 2.24) is 14.9 Å². The van der Waals surface area contributed by atoms with E-state index in [1.165, 1.54) is 0 Å². The highest BCUT2D eigenvalue weighted by Crippen LogP contribution is 2.33. The Balaban J connectivity index is 1.84. The molecule has 1 fully saturated rings. The van der Waals surface area contributed by atoms with E-state index in [2.05, 4.69) is 25.9 Å². The zero-order chi connectivity index (χ0) is 20.6. The van der Waals surface area contributed by atoms with Crippen LogP contribution in [0.2, 0.25) is 5.02 Å². The summed E-state index contributed by atoms with van der Waals surface area (Å²) >= 11 is 9.16. The van der Waals surface area contributed by atoms with Gasteiger partial charge in [-0.05, 0) is 42.8 Å². The van der Waals surface area contributed by atoms with Gasteiger partial charge in [0.05, 0.1) is 28.2 Å². The predicted octanol–water partition coefficient (Wildman–Crippen LogP) is 3.73. The average molecular weight is 476 g/mol. The second kappa shape index (κ2) is 7.96. The largest absolute Gasteiger partial charge is 0.444 e. The maximum absolute atomic E-state index is 14.5. The van der Waals surface area contributed by atoms with Crippen LogP contribution >= 0.6 is 27.5 Å². The Labute approximate surface area is 175 Å². The number of amides is 1. The van der Waals surface area contributed by atoms with E-state index in [4.69, 9.17) is 16.3 Å². The Hall–Kier alpha value is -1.71. The Kier molecular flexibility index (Phi) is 5.97. The first kappa shape index (κ1) is 21.0. The van der Waals surface area contributed by atoms with Gasteiger partial charge in [-0.1, -0.05) is 11.6 Å². The number of rotatable bonds is 2. The minimum Gasteiger partial charge on any atom is -0.444 e. The molecule has 1 amide bonds. The fraction of sp³-hybridized carbons (Fsp3) is 0.500. The van der Waals surface area contributed by atoms with Gasteiger partial charge in [0.1, 0.15) is 5.60 Å². The number of benzene rings is 1. The Morgan fingerprint density at radius 3 is 2.54 bits per heavy atom. The maximum atomic E-state index is 14.5. The van der Waals surface area contributed by atoms with Gasteiger partial charge in [-0.3, -0.25) is 0 Å². The van der Waals surface area contributed by atoms with Crippen LogP contribution in [-0.4, -0.2) is 57.8 Å². The molecule has 0 aliphatic carbocycles. The fourth-order valence-corrected chi connectivity index (χ4v) is 3.47. The van der Waals surface area contributed by atoms with Crippen LogP contribution in [0.4, 0.5) is 15.1 Å². The van der Waals surface area contributed by atoms with Gasteiger partial charge in [0.2, 0.25) is 5.95 Å². The van der Waals surface area contributed by atoms with Gasteiger partial charge in [-0.25, -0.2) is 19.2 Å². The van der Waals surface area contributed by atoms with Crippen LogP contribution in [0.15, 0.2) is 10.5 Å². The number of hydrogen-bond acceptors (Lipinski definition) is 6. The van der Waals surface area contributed by atoms with Gasteiger partial charge in [0, 0.05) is 30.7 Å². The summed E-state index contributed by atoms with van der Waals surface area (Å²) in [6.07, 6.45) is -0.358. The maximum Gasteiger partial charge on any atom is 0.410 e. The molecule has 152 valence electrons. The third-order valence-electron chi connectivity index (χ3n) is 4.25. The van der Waals surface area contributed by atoms with Crippen LogP contribution in [0.5, 0.6) is 0 Å². The topological polar surface area (TPSA) is 78.8 Å². The Morgan fingerprint density at radius 2 is 1.96 bits per heavy atom. The molecule has 0 bridgehead atoms. The third-order valence-corrected chi connectivity index (χ3v) is 5.47. The van der Waals surface area contributed by atoms with Crippen molar-refractivity contribution in [3.63, 3.8) is 0 Å². The van der Waals surface area contributed by atoms with Gasteiger partial charge in [0.15, 0.2) is 5.82 Å². The second-order valence-electron chi connectivity index (χ2n) is 7.46. The first-order chi connectivity index (χ1) is 13.1. The molecule has 0 saturated carbocycles. The number of aliphatic hydroxyl groups is 1. The summed E-state index contributed by atoms with van der Waals surface area (Å²) < 4.78 is 20.3. The molecule has 1 aromatic heterocycles. The first-order valence-corrected chi connectivity index (χ1v) is 9.95. The summed E-state index contributed by atoms with van der Waals surface area (Å²) in [7, 11) is 0. The molecular weight excluding hydrogens is 455 g/mol. The molecule has 1 saturated heterocycles. The second-order valence-corrected chi connectivity index (χ2v) is 8.70. The Bertz CT molecular complexity index is 914. The van der Waals surface area contributed by atoms with Crippen LogP contribution in [0.1, 0.15) is 26.5 Å². The molecular formula is C18H21BrClFN4O3. The molecule has 1 aliphatic rings. The molecule has 0 radical (unpaired) electrons. The third kappa shape index (κ3) is 4.31. The van der Waals surface area contributed by atoms with Crippen molar-refractivity contribution in [3.05, 3.63) is 27.1 Å². The highest BCUT2D eigenvalue weighted by atomic mass is 79.9. The summed E-state index contributed by atoms with van der Waals surface area (Å²) in [5.41, 5.74) is -0.0383.